The van der Waals surface area contributed by atoms with Crippen LogP contribution in [0, 0.1) is 5.41 Å². The second-order valence-electron chi connectivity index (χ2n) is 14.8. The Morgan fingerprint density at radius 2 is 1.53 bits per heavy atom. The van der Waals surface area contributed by atoms with Gasteiger partial charge in [0.25, 0.3) is 0 Å². The molecule has 0 aromatic heterocycles. The molecule has 4 aliphatic heterocycles. The van der Waals surface area contributed by atoms with Crippen LogP contribution in [0.2, 0.25) is 0 Å². The third-order valence-electron chi connectivity index (χ3n) is 10.9. The molecule has 3 fully saturated rings. The number of sulfone groups is 1. The molecule has 2 atom stereocenters. The Balaban J connectivity index is 0.00000101. The van der Waals surface area contributed by atoms with Crippen LogP contribution in [-0.4, -0.2) is 121 Å². The van der Waals surface area contributed by atoms with Crippen molar-refractivity contribution in [3.8, 4) is 5.75 Å². The van der Waals surface area contributed by atoms with Gasteiger partial charge >= 0.3 is 0 Å². The van der Waals surface area contributed by atoms with Gasteiger partial charge in [-0.1, -0.05) is 51.7 Å². The van der Waals surface area contributed by atoms with Gasteiger partial charge in [-0.15, -0.1) is 0 Å². The van der Waals surface area contributed by atoms with Gasteiger partial charge in [-0.2, -0.15) is 0 Å². The Kier molecular flexibility index (Phi) is 13.6. The number of nitrogens with zero attached hydrogens (tertiary/aromatic N) is 3. The van der Waals surface area contributed by atoms with Crippen molar-refractivity contribution in [2.75, 3.05) is 83.4 Å². The van der Waals surface area contributed by atoms with Crippen LogP contribution < -0.4 is 9.64 Å². The number of benzene rings is 2. The zero-order valence-electron chi connectivity index (χ0n) is 30.3. The lowest BCUT2D eigenvalue weighted by Gasteiger charge is -2.50. The molecule has 0 aliphatic carbocycles. The number of aliphatic hydroxyl groups is 1. The number of rotatable bonds is 14. The summed E-state index contributed by atoms with van der Waals surface area (Å²) in [7, 11) is -3.59. The molecule has 12 heteroatoms. The van der Waals surface area contributed by atoms with Crippen molar-refractivity contribution in [2.24, 2.45) is 5.41 Å². The summed E-state index contributed by atoms with van der Waals surface area (Å²) >= 11 is 0. The third kappa shape index (κ3) is 10.4. The fourth-order valence-electron chi connectivity index (χ4n) is 7.97. The number of quaternary nitrogens is 1. The molecule has 1 N–H and O–H groups in total. The van der Waals surface area contributed by atoms with Gasteiger partial charge in [0.05, 0.1) is 59.7 Å². The van der Waals surface area contributed by atoms with Gasteiger partial charge in [-0.25, -0.2) is 16.8 Å². The predicted molar refractivity (Wildman–Crippen MR) is 195 cm³/mol. The molecule has 3 saturated heterocycles. The topological polar surface area (TPSA) is 127 Å². The summed E-state index contributed by atoms with van der Waals surface area (Å²) in [6, 6.07) is 13.7. The molecule has 4 aliphatic rings. The van der Waals surface area contributed by atoms with E-state index in [4.69, 9.17) is 17.7 Å². The molecule has 0 amide bonds. The Morgan fingerprint density at radius 3 is 2.06 bits per heavy atom. The summed E-state index contributed by atoms with van der Waals surface area (Å²) in [4.78, 5) is 4.95. The number of unbranched alkanes of at least 4 members (excludes halogenated alkanes) is 3. The average Bonchev–Trinajstić information content (AvgIpc) is 3.13. The monoisotopic (exact) mass is 721 g/mol. The van der Waals surface area contributed by atoms with E-state index in [9.17, 15) is 13.5 Å². The normalized spacial score (nSPS) is 25.4. The molecule has 276 valence electrons. The highest BCUT2D eigenvalue weighted by molar-refractivity contribution is 7.91. The summed E-state index contributed by atoms with van der Waals surface area (Å²) in [5.41, 5.74) is 1.88. The molecule has 0 unspecified atom stereocenters. The first kappa shape index (κ1) is 39.6. The molecule has 0 radical (unpaired) electrons. The predicted octanol–water partition coefficient (Wildman–Crippen LogP) is 4.87. The molecule has 6 rings (SSSR count). The Bertz CT molecular complexity index is 1540. The van der Waals surface area contributed by atoms with Crippen LogP contribution in [0.1, 0.15) is 82.3 Å². The molecule has 2 aromatic rings. The van der Waals surface area contributed by atoms with Crippen molar-refractivity contribution in [3.05, 3.63) is 53.6 Å². The van der Waals surface area contributed by atoms with E-state index >= 15 is 0 Å². The number of hydrogen-bond acceptors (Lipinski definition) is 9. The minimum Gasteiger partial charge on any atom is -0.748 e. The molecule has 2 aromatic carbocycles. The standard InChI is InChI=1S/C36H56N3O4S.CH4O3S/c1-5-7-17-36(18-8-6-2)28-44(41,42)33-16-13-30(37(3)4)27-32(33)34(35(36)40)29-11-14-31(15-12-29)43-26-10-9-22-39-23-19-38(20-24-39)21-25-39;1-5(2,3)4/h11-16,27,34-35,40H,5-10,17-26,28H2,1-4H3;1H3,(H,2,3,4)/q+1;/p-1/t34-,35+;/m0./s1. The highest BCUT2D eigenvalue weighted by Gasteiger charge is 2.49. The van der Waals surface area contributed by atoms with Gasteiger partial charge in [-0.3, -0.25) is 4.90 Å². The number of fused-ring (bicyclic) bond motifs is 4. The Morgan fingerprint density at radius 1 is 0.959 bits per heavy atom. The van der Waals surface area contributed by atoms with E-state index in [2.05, 4.69) is 18.7 Å². The van der Waals surface area contributed by atoms with Crippen LogP contribution in [0.3, 0.4) is 0 Å². The number of aliphatic hydroxyl groups excluding tert-OH is 1. The zero-order valence-corrected chi connectivity index (χ0v) is 31.9. The number of anilines is 1. The van der Waals surface area contributed by atoms with Crippen molar-refractivity contribution in [2.45, 2.75) is 82.1 Å². The minimum absolute atomic E-state index is 0.00850. The number of hydrogen-bond donors (Lipinski definition) is 1. The van der Waals surface area contributed by atoms with Gasteiger partial charge in [0.15, 0.2) is 9.84 Å². The number of ether oxygens (including phenoxy) is 1. The maximum absolute atomic E-state index is 14.1. The Labute approximate surface area is 295 Å². The highest BCUT2D eigenvalue weighted by Crippen LogP contribution is 2.50. The van der Waals surface area contributed by atoms with Crippen LogP contribution in [0.4, 0.5) is 5.69 Å². The van der Waals surface area contributed by atoms with Crippen LogP contribution in [0.15, 0.2) is 47.4 Å². The fraction of sp³-hybridized carbons (Fsp3) is 0.676. The van der Waals surface area contributed by atoms with Crippen molar-refractivity contribution < 1.29 is 35.7 Å². The molecule has 2 bridgehead atoms. The lowest BCUT2D eigenvalue weighted by Crippen LogP contribution is -2.67. The van der Waals surface area contributed by atoms with E-state index in [0.29, 0.717) is 36.2 Å². The molecule has 0 spiro atoms. The van der Waals surface area contributed by atoms with Gasteiger partial charge < -0.3 is 23.8 Å². The van der Waals surface area contributed by atoms with Gasteiger partial charge in [-0.05, 0) is 67.1 Å². The lowest BCUT2D eigenvalue weighted by atomic mass is 9.68. The second kappa shape index (κ2) is 16.9. The first-order valence-corrected chi connectivity index (χ1v) is 21.5. The van der Waals surface area contributed by atoms with E-state index in [0.717, 1.165) is 49.1 Å². The molecular formula is C37H59N3O7S2. The summed E-state index contributed by atoms with van der Waals surface area (Å²) in [6.45, 7) is 13.9. The second-order valence-corrected chi connectivity index (χ2v) is 18.1. The van der Waals surface area contributed by atoms with Crippen LogP contribution in [-0.2, 0) is 20.0 Å². The van der Waals surface area contributed by atoms with E-state index in [1.54, 1.807) is 6.07 Å². The Hall–Kier alpha value is -2.22. The third-order valence-corrected chi connectivity index (χ3v) is 12.9. The van der Waals surface area contributed by atoms with E-state index in [1.165, 1.54) is 56.7 Å². The van der Waals surface area contributed by atoms with Gasteiger partial charge in [0, 0.05) is 57.0 Å². The first-order chi connectivity index (χ1) is 23.1. The van der Waals surface area contributed by atoms with Crippen molar-refractivity contribution in [3.63, 3.8) is 0 Å². The highest BCUT2D eigenvalue weighted by atomic mass is 32.2. The molecular weight excluding hydrogens is 663 g/mol. The largest absolute Gasteiger partial charge is 0.748 e. The lowest BCUT2D eigenvalue weighted by molar-refractivity contribution is -0.941. The summed E-state index contributed by atoms with van der Waals surface area (Å²) < 4.78 is 62.8. The zero-order chi connectivity index (χ0) is 35.9. The van der Waals surface area contributed by atoms with E-state index < -0.39 is 37.4 Å². The summed E-state index contributed by atoms with van der Waals surface area (Å²) in [5.74, 6) is 0.378. The number of piperazine rings is 3. The molecule has 0 saturated carbocycles. The van der Waals surface area contributed by atoms with Crippen molar-refractivity contribution >= 4 is 25.6 Å². The van der Waals surface area contributed by atoms with E-state index in [-0.39, 0.29) is 5.75 Å². The molecule has 4 heterocycles. The molecule has 49 heavy (non-hydrogen) atoms. The fourth-order valence-corrected chi connectivity index (χ4v) is 10.2. The quantitative estimate of drug-likeness (QED) is 0.165. The average molecular weight is 722 g/mol. The summed E-state index contributed by atoms with van der Waals surface area (Å²) in [6.07, 6.45) is 7.15. The summed E-state index contributed by atoms with van der Waals surface area (Å²) in [5, 5.41) is 12.4. The van der Waals surface area contributed by atoms with Gasteiger partial charge in [0.2, 0.25) is 0 Å². The van der Waals surface area contributed by atoms with Crippen LogP contribution in [0.25, 0.3) is 0 Å². The van der Waals surface area contributed by atoms with Crippen molar-refractivity contribution in [1.82, 2.24) is 4.90 Å². The maximum atomic E-state index is 14.1. The molecule has 10 nitrogen and oxygen atoms in total. The van der Waals surface area contributed by atoms with Crippen molar-refractivity contribution in [1.29, 1.82) is 0 Å². The SMILES string of the molecule is CCCCC1(CCCC)CS(=O)(=O)c2ccc(N(C)C)cc2[C@H](c2ccc(OCCCC[N+]34CCN(CC3)CC4)cc2)[C@H]1O.CS(=O)(=O)[O-]. The minimum atomic E-state index is -3.92. The van der Waals surface area contributed by atoms with Crippen LogP contribution >= 0.6 is 0 Å². The van der Waals surface area contributed by atoms with Crippen LogP contribution in [0.5, 0.6) is 5.75 Å². The first-order valence-electron chi connectivity index (χ1n) is 18.1. The maximum Gasteiger partial charge on any atom is 0.179 e. The van der Waals surface area contributed by atoms with Gasteiger partial charge in [0.1, 0.15) is 5.75 Å². The smallest absolute Gasteiger partial charge is 0.179 e. The van der Waals surface area contributed by atoms with E-state index in [1.807, 2.05) is 55.4 Å².